The predicted molar refractivity (Wildman–Crippen MR) is 60.5 cm³/mol. The molecule has 0 spiro atoms. The van der Waals surface area contributed by atoms with E-state index in [0.29, 0.717) is 0 Å². The van der Waals surface area contributed by atoms with Crippen LogP contribution in [0.15, 0.2) is 18.3 Å². The Bertz CT molecular complexity index is 429. The van der Waals surface area contributed by atoms with Gasteiger partial charge in [0.2, 0.25) is 0 Å². The Morgan fingerprint density at radius 2 is 2.00 bits per heavy atom. The molecule has 0 amide bonds. The van der Waals surface area contributed by atoms with Crippen LogP contribution in [0.1, 0.15) is 11.1 Å². The zero-order valence-corrected chi connectivity index (χ0v) is 9.27. The summed E-state index contributed by atoms with van der Waals surface area (Å²) in [6.45, 7) is 4.28. The molecule has 0 unspecified atom stereocenters. The Kier molecular flexibility index (Phi) is 1.87. The maximum absolute atomic E-state index is 3.28. The van der Waals surface area contributed by atoms with Crippen LogP contribution in [-0.2, 0) is 0 Å². The van der Waals surface area contributed by atoms with E-state index in [0.717, 1.165) is 0 Å². The number of halogens is 1. The second kappa shape index (κ2) is 2.76. The van der Waals surface area contributed by atoms with Crippen LogP contribution in [0.2, 0.25) is 0 Å². The van der Waals surface area contributed by atoms with Crippen LogP contribution < -0.4 is 0 Å². The fourth-order valence-electron chi connectivity index (χ4n) is 1.56. The van der Waals surface area contributed by atoms with Crippen LogP contribution in [0, 0.1) is 17.4 Å². The third kappa shape index (κ3) is 1.14. The fourth-order valence-corrected chi connectivity index (χ4v) is 2.14. The number of nitrogens with one attached hydrogen (secondary N) is 1. The Morgan fingerprint density at radius 1 is 1.25 bits per heavy atom. The fraction of sp³-hybridized carbons (Fsp3) is 0.200. The molecule has 0 radical (unpaired) electrons. The second-order valence-corrected chi connectivity index (χ2v) is 4.30. The highest BCUT2D eigenvalue weighted by molar-refractivity contribution is 14.1. The van der Waals surface area contributed by atoms with Gasteiger partial charge in [-0.25, -0.2) is 0 Å². The van der Waals surface area contributed by atoms with Crippen LogP contribution in [0.5, 0.6) is 0 Å². The van der Waals surface area contributed by atoms with Crippen LogP contribution in [0.3, 0.4) is 0 Å². The molecule has 0 saturated heterocycles. The minimum atomic E-state index is 1.27. The molecule has 62 valence electrons. The average Bonchev–Trinajstić information content (AvgIpc) is 2.33. The summed E-state index contributed by atoms with van der Waals surface area (Å²) < 4.78 is 1.30. The van der Waals surface area contributed by atoms with Gasteiger partial charge in [0.1, 0.15) is 0 Å². The molecule has 2 aromatic rings. The zero-order chi connectivity index (χ0) is 8.72. The maximum Gasteiger partial charge on any atom is 0.0494 e. The summed E-state index contributed by atoms with van der Waals surface area (Å²) in [5, 5.41) is 1.34. The topological polar surface area (TPSA) is 15.8 Å². The highest BCUT2D eigenvalue weighted by Gasteiger charge is 2.02. The number of benzene rings is 1. The molecule has 0 aliphatic rings. The Labute approximate surface area is 85.3 Å². The molecule has 0 aliphatic carbocycles. The SMILES string of the molecule is Cc1cc(C)c2[nH]cc(I)c2c1. The van der Waals surface area contributed by atoms with Gasteiger partial charge in [-0.1, -0.05) is 11.6 Å². The van der Waals surface area contributed by atoms with Crippen molar-refractivity contribution in [1.29, 1.82) is 0 Å². The van der Waals surface area contributed by atoms with Crippen molar-refractivity contribution < 1.29 is 0 Å². The number of hydrogen-bond acceptors (Lipinski definition) is 0. The second-order valence-electron chi connectivity index (χ2n) is 3.14. The summed E-state index contributed by atoms with van der Waals surface area (Å²) in [7, 11) is 0. The van der Waals surface area contributed by atoms with Gasteiger partial charge in [0.15, 0.2) is 0 Å². The Balaban J connectivity index is 2.92. The van der Waals surface area contributed by atoms with Crippen LogP contribution >= 0.6 is 22.6 Å². The lowest BCUT2D eigenvalue weighted by molar-refractivity contribution is 1.38. The summed E-state index contributed by atoms with van der Waals surface area (Å²) >= 11 is 2.36. The first-order valence-electron chi connectivity index (χ1n) is 3.92. The van der Waals surface area contributed by atoms with E-state index in [4.69, 9.17) is 0 Å². The summed E-state index contributed by atoms with van der Waals surface area (Å²) in [5.74, 6) is 0. The largest absolute Gasteiger partial charge is 0.360 e. The number of aromatic amines is 1. The van der Waals surface area contributed by atoms with Crippen molar-refractivity contribution >= 4 is 33.5 Å². The first-order valence-corrected chi connectivity index (χ1v) is 5.00. The van der Waals surface area contributed by atoms with Gasteiger partial charge in [0.25, 0.3) is 0 Å². The van der Waals surface area contributed by atoms with Crippen molar-refractivity contribution in [3.8, 4) is 0 Å². The highest BCUT2D eigenvalue weighted by atomic mass is 127. The first-order chi connectivity index (χ1) is 5.68. The molecule has 0 saturated carbocycles. The van der Waals surface area contributed by atoms with E-state index >= 15 is 0 Å². The van der Waals surface area contributed by atoms with Gasteiger partial charge in [-0.05, 0) is 48.1 Å². The molecule has 1 N–H and O–H groups in total. The molecule has 2 rings (SSSR count). The summed E-state index contributed by atoms with van der Waals surface area (Å²) in [5.41, 5.74) is 3.93. The third-order valence-electron chi connectivity index (χ3n) is 2.08. The number of fused-ring (bicyclic) bond motifs is 1. The summed E-state index contributed by atoms with van der Waals surface area (Å²) in [6, 6.07) is 4.43. The number of hydrogen-bond donors (Lipinski definition) is 1. The first kappa shape index (κ1) is 8.10. The van der Waals surface area contributed by atoms with E-state index in [1.807, 2.05) is 0 Å². The van der Waals surface area contributed by atoms with Crippen molar-refractivity contribution in [2.75, 3.05) is 0 Å². The van der Waals surface area contributed by atoms with Gasteiger partial charge in [-0.3, -0.25) is 0 Å². The normalized spacial score (nSPS) is 10.9. The Morgan fingerprint density at radius 3 is 2.75 bits per heavy atom. The van der Waals surface area contributed by atoms with Crippen molar-refractivity contribution in [1.82, 2.24) is 4.98 Å². The quantitative estimate of drug-likeness (QED) is 0.707. The zero-order valence-electron chi connectivity index (χ0n) is 7.11. The predicted octanol–water partition coefficient (Wildman–Crippen LogP) is 3.39. The van der Waals surface area contributed by atoms with Crippen molar-refractivity contribution in [2.45, 2.75) is 13.8 Å². The molecule has 1 nitrogen and oxygen atoms in total. The highest BCUT2D eigenvalue weighted by Crippen LogP contribution is 2.23. The van der Waals surface area contributed by atoms with Gasteiger partial charge in [-0.2, -0.15) is 0 Å². The van der Waals surface area contributed by atoms with Crippen LogP contribution in [-0.4, -0.2) is 4.98 Å². The van der Waals surface area contributed by atoms with Gasteiger partial charge >= 0.3 is 0 Å². The average molecular weight is 271 g/mol. The van der Waals surface area contributed by atoms with Gasteiger partial charge in [0, 0.05) is 20.7 Å². The van der Waals surface area contributed by atoms with Crippen molar-refractivity contribution in [3.63, 3.8) is 0 Å². The molecule has 2 heteroatoms. The van der Waals surface area contributed by atoms with Crippen molar-refractivity contribution in [2.24, 2.45) is 0 Å². The van der Waals surface area contributed by atoms with E-state index in [9.17, 15) is 0 Å². The smallest absolute Gasteiger partial charge is 0.0494 e. The lowest BCUT2D eigenvalue weighted by Gasteiger charge is -1.98. The molecule has 0 fully saturated rings. The molecule has 1 heterocycles. The number of H-pyrrole nitrogens is 1. The molecule has 0 aliphatic heterocycles. The van der Waals surface area contributed by atoms with E-state index in [2.05, 4.69) is 59.8 Å². The van der Waals surface area contributed by atoms with Crippen LogP contribution in [0.4, 0.5) is 0 Å². The molecule has 0 bridgehead atoms. The molecule has 0 atom stereocenters. The van der Waals surface area contributed by atoms with Crippen LogP contribution in [0.25, 0.3) is 10.9 Å². The Hall–Kier alpha value is -0.510. The van der Waals surface area contributed by atoms with Gasteiger partial charge < -0.3 is 4.98 Å². The number of aromatic nitrogens is 1. The minimum absolute atomic E-state index is 1.27. The molecular formula is C10H10IN. The molecule has 1 aromatic carbocycles. The van der Waals surface area contributed by atoms with E-state index in [1.165, 1.54) is 25.6 Å². The lowest BCUT2D eigenvalue weighted by atomic mass is 10.1. The monoisotopic (exact) mass is 271 g/mol. The molecular weight excluding hydrogens is 261 g/mol. The third-order valence-corrected chi connectivity index (χ3v) is 2.97. The van der Waals surface area contributed by atoms with E-state index in [-0.39, 0.29) is 0 Å². The van der Waals surface area contributed by atoms with Gasteiger partial charge in [-0.15, -0.1) is 0 Å². The number of rotatable bonds is 0. The molecule has 1 aromatic heterocycles. The standard InChI is InChI=1S/C10H10IN/c1-6-3-7(2)10-8(4-6)9(11)5-12-10/h3-5,12H,1-2H3. The number of aryl methyl sites for hydroxylation is 2. The molecule has 12 heavy (non-hydrogen) atoms. The maximum atomic E-state index is 3.28. The van der Waals surface area contributed by atoms with E-state index < -0.39 is 0 Å². The lowest BCUT2D eigenvalue weighted by Crippen LogP contribution is -1.79. The van der Waals surface area contributed by atoms with Crippen molar-refractivity contribution in [3.05, 3.63) is 33.0 Å². The summed E-state index contributed by atoms with van der Waals surface area (Å²) in [4.78, 5) is 3.28. The summed E-state index contributed by atoms with van der Waals surface area (Å²) in [6.07, 6.45) is 2.05. The minimum Gasteiger partial charge on any atom is -0.360 e. The van der Waals surface area contributed by atoms with E-state index in [1.54, 1.807) is 0 Å². The van der Waals surface area contributed by atoms with Gasteiger partial charge in [0.05, 0.1) is 0 Å².